The fourth-order valence-electron chi connectivity index (χ4n) is 2.92. The van der Waals surface area contributed by atoms with Crippen LogP contribution in [-0.2, 0) is 0 Å². The third-order valence-corrected chi connectivity index (χ3v) is 4.15. The van der Waals surface area contributed by atoms with E-state index < -0.39 is 0 Å². The minimum absolute atomic E-state index is 0.533. The van der Waals surface area contributed by atoms with Gasteiger partial charge in [-0.3, -0.25) is 4.98 Å². The van der Waals surface area contributed by atoms with E-state index in [0.29, 0.717) is 28.6 Å². The zero-order chi connectivity index (χ0) is 18.1. The van der Waals surface area contributed by atoms with Crippen molar-refractivity contribution in [2.24, 2.45) is 0 Å². The van der Waals surface area contributed by atoms with Crippen LogP contribution in [0.25, 0.3) is 33.7 Å². The Bertz CT molecular complexity index is 1030. The van der Waals surface area contributed by atoms with Crippen molar-refractivity contribution in [1.82, 2.24) is 15.0 Å². The quantitative estimate of drug-likeness (QED) is 0.587. The van der Waals surface area contributed by atoms with E-state index in [1.165, 1.54) is 0 Å². The summed E-state index contributed by atoms with van der Waals surface area (Å²) in [4.78, 5) is 11.6. The fraction of sp³-hybridized carbons (Fsp3) is 0.158. The van der Waals surface area contributed by atoms with E-state index in [1.54, 1.807) is 40.1 Å². The van der Waals surface area contributed by atoms with Crippen LogP contribution in [0.15, 0.2) is 47.4 Å². The average Bonchev–Trinajstić information content (AvgIpc) is 3.35. The number of aromatic nitrogens is 3. The topological polar surface area (TPSA) is 82.4 Å². The van der Waals surface area contributed by atoms with E-state index in [2.05, 4.69) is 15.0 Å². The Balaban J connectivity index is 1.89. The molecule has 0 radical (unpaired) electrons. The molecule has 26 heavy (non-hydrogen) atoms. The number of hydrogen-bond donors (Lipinski definition) is 1. The van der Waals surface area contributed by atoms with Gasteiger partial charge in [-0.2, -0.15) is 0 Å². The van der Waals surface area contributed by atoms with Crippen LogP contribution < -0.4 is 14.2 Å². The molecule has 3 aromatic heterocycles. The van der Waals surface area contributed by atoms with Gasteiger partial charge in [0.2, 0.25) is 5.75 Å². The average molecular weight is 351 g/mol. The number of furan rings is 1. The lowest BCUT2D eigenvalue weighted by molar-refractivity contribution is 0.324. The summed E-state index contributed by atoms with van der Waals surface area (Å²) in [5.41, 5.74) is 3.99. The van der Waals surface area contributed by atoms with E-state index >= 15 is 0 Å². The SMILES string of the molecule is COc1cc(-c2cc3nccc(-c4cnc[nH]4)c3o2)cc(OC)c1OC. The first-order valence-corrected chi connectivity index (χ1v) is 7.92. The first kappa shape index (κ1) is 16.0. The number of pyridine rings is 1. The second-order valence-electron chi connectivity index (χ2n) is 5.56. The normalized spacial score (nSPS) is 10.9. The van der Waals surface area contributed by atoms with Gasteiger partial charge in [0.1, 0.15) is 11.3 Å². The second-order valence-corrected chi connectivity index (χ2v) is 5.56. The van der Waals surface area contributed by atoms with Crippen molar-refractivity contribution >= 4 is 11.1 Å². The standard InChI is InChI=1S/C19H17N3O4/c1-23-16-6-11(7-17(24-2)19(16)25-3)15-8-13-18(26-15)12(4-5-21-13)14-9-20-10-22-14/h4-10H,1-3H3,(H,20,22). The van der Waals surface area contributed by atoms with Crippen molar-refractivity contribution in [2.75, 3.05) is 21.3 Å². The first-order valence-electron chi connectivity index (χ1n) is 7.92. The largest absolute Gasteiger partial charge is 0.493 e. The highest BCUT2D eigenvalue weighted by Crippen LogP contribution is 2.42. The van der Waals surface area contributed by atoms with Gasteiger partial charge in [0.25, 0.3) is 0 Å². The summed E-state index contributed by atoms with van der Waals surface area (Å²) >= 11 is 0. The van der Waals surface area contributed by atoms with Crippen molar-refractivity contribution in [3.05, 3.63) is 43.0 Å². The van der Waals surface area contributed by atoms with Crippen LogP contribution in [0.5, 0.6) is 17.2 Å². The summed E-state index contributed by atoms with van der Waals surface area (Å²) in [5, 5.41) is 0. The van der Waals surface area contributed by atoms with Crippen molar-refractivity contribution < 1.29 is 18.6 Å². The molecule has 0 amide bonds. The van der Waals surface area contributed by atoms with Crippen molar-refractivity contribution in [3.63, 3.8) is 0 Å². The van der Waals surface area contributed by atoms with Gasteiger partial charge in [0.15, 0.2) is 17.1 Å². The number of nitrogens with zero attached hydrogens (tertiary/aromatic N) is 2. The summed E-state index contributed by atoms with van der Waals surface area (Å²) in [5.74, 6) is 2.30. The second kappa shape index (κ2) is 6.44. The molecule has 0 aliphatic heterocycles. The van der Waals surface area contributed by atoms with E-state index in [1.807, 2.05) is 24.3 Å². The molecule has 3 heterocycles. The minimum atomic E-state index is 0.533. The number of nitrogens with one attached hydrogen (secondary N) is 1. The molecule has 4 aromatic rings. The number of methoxy groups -OCH3 is 3. The molecule has 0 aliphatic carbocycles. The number of fused-ring (bicyclic) bond motifs is 1. The highest BCUT2D eigenvalue weighted by Gasteiger charge is 2.18. The molecule has 1 N–H and O–H groups in total. The van der Waals surface area contributed by atoms with E-state index in [0.717, 1.165) is 22.3 Å². The van der Waals surface area contributed by atoms with Crippen LogP contribution in [0.4, 0.5) is 0 Å². The molecule has 7 heteroatoms. The number of benzene rings is 1. The number of hydrogen-bond acceptors (Lipinski definition) is 6. The highest BCUT2D eigenvalue weighted by atomic mass is 16.5. The zero-order valence-corrected chi connectivity index (χ0v) is 14.6. The van der Waals surface area contributed by atoms with Gasteiger partial charge < -0.3 is 23.6 Å². The predicted octanol–water partition coefficient (Wildman–Crippen LogP) is 3.91. The summed E-state index contributed by atoms with van der Waals surface area (Å²) in [6.45, 7) is 0. The van der Waals surface area contributed by atoms with Gasteiger partial charge in [-0.1, -0.05) is 0 Å². The Kier molecular flexibility index (Phi) is 3.96. The molecule has 1 aromatic carbocycles. The maximum atomic E-state index is 6.12. The van der Waals surface area contributed by atoms with Gasteiger partial charge in [-0.05, 0) is 18.2 Å². The molecule has 132 valence electrons. The van der Waals surface area contributed by atoms with Gasteiger partial charge >= 0.3 is 0 Å². The molecule has 0 saturated heterocycles. The lowest BCUT2D eigenvalue weighted by Crippen LogP contribution is -1.95. The van der Waals surface area contributed by atoms with Gasteiger partial charge in [-0.25, -0.2) is 4.98 Å². The first-order chi connectivity index (χ1) is 12.7. The number of imidazole rings is 1. The van der Waals surface area contributed by atoms with Crippen LogP contribution in [0.2, 0.25) is 0 Å². The molecule has 0 spiro atoms. The lowest BCUT2D eigenvalue weighted by Gasteiger charge is -2.13. The summed E-state index contributed by atoms with van der Waals surface area (Å²) in [6, 6.07) is 7.46. The van der Waals surface area contributed by atoms with Crippen LogP contribution in [-0.4, -0.2) is 36.3 Å². The third kappa shape index (κ3) is 2.54. The highest BCUT2D eigenvalue weighted by molar-refractivity contribution is 5.91. The summed E-state index contributed by atoms with van der Waals surface area (Å²) < 4.78 is 22.3. The molecule has 0 bridgehead atoms. The molecular formula is C19H17N3O4. The smallest absolute Gasteiger partial charge is 0.203 e. The maximum Gasteiger partial charge on any atom is 0.203 e. The predicted molar refractivity (Wildman–Crippen MR) is 96.7 cm³/mol. The van der Waals surface area contributed by atoms with E-state index in [9.17, 15) is 0 Å². The van der Waals surface area contributed by atoms with Crippen molar-refractivity contribution in [2.45, 2.75) is 0 Å². The molecule has 0 fully saturated rings. The molecule has 4 rings (SSSR count). The Labute approximate surface area is 149 Å². The number of aromatic amines is 1. The molecule has 0 saturated carbocycles. The molecule has 0 atom stereocenters. The molecular weight excluding hydrogens is 334 g/mol. The number of rotatable bonds is 5. The molecule has 7 nitrogen and oxygen atoms in total. The Morgan fingerprint density at radius 1 is 1.00 bits per heavy atom. The Morgan fingerprint density at radius 3 is 2.38 bits per heavy atom. The number of H-pyrrole nitrogens is 1. The lowest BCUT2D eigenvalue weighted by atomic mass is 10.1. The molecule has 0 aliphatic rings. The Morgan fingerprint density at radius 2 is 1.77 bits per heavy atom. The van der Waals surface area contributed by atoms with Crippen molar-refractivity contribution in [1.29, 1.82) is 0 Å². The van der Waals surface area contributed by atoms with Gasteiger partial charge in [0.05, 0.1) is 39.5 Å². The third-order valence-electron chi connectivity index (χ3n) is 4.15. The number of ether oxygens (including phenoxy) is 3. The van der Waals surface area contributed by atoms with Crippen LogP contribution in [0, 0.1) is 0 Å². The van der Waals surface area contributed by atoms with Gasteiger partial charge in [-0.15, -0.1) is 0 Å². The summed E-state index contributed by atoms with van der Waals surface area (Å²) in [7, 11) is 4.73. The molecule has 0 unspecified atom stereocenters. The van der Waals surface area contributed by atoms with Crippen LogP contribution >= 0.6 is 0 Å². The fourth-order valence-corrected chi connectivity index (χ4v) is 2.92. The van der Waals surface area contributed by atoms with Gasteiger partial charge in [0, 0.05) is 23.4 Å². The van der Waals surface area contributed by atoms with E-state index in [4.69, 9.17) is 18.6 Å². The minimum Gasteiger partial charge on any atom is -0.493 e. The van der Waals surface area contributed by atoms with E-state index in [-0.39, 0.29) is 0 Å². The Hall–Kier alpha value is -3.48. The summed E-state index contributed by atoms with van der Waals surface area (Å²) in [6.07, 6.45) is 5.12. The van der Waals surface area contributed by atoms with Crippen molar-refractivity contribution in [3.8, 4) is 39.8 Å². The van der Waals surface area contributed by atoms with Crippen LogP contribution in [0.3, 0.4) is 0 Å². The van der Waals surface area contributed by atoms with Crippen LogP contribution in [0.1, 0.15) is 0 Å². The monoisotopic (exact) mass is 351 g/mol. The maximum absolute atomic E-state index is 6.12. The zero-order valence-electron chi connectivity index (χ0n) is 14.6.